The molecule has 0 saturated carbocycles. The van der Waals surface area contributed by atoms with Crippen LogP contribution in [0.1, 0.15) is 17.2 Å². The van der Waals surface area contributed by atoms with Gasteiger partial charge in [0.1, 0.15) is 0 Å². The van der Waals surface area contributed by atoms with Gasteiger partial charge in [0.15, 0.2) is 0 Å². The smallest absolute Gasteiger partial charge is 0.387 e. The Morgan fingerprint density at radius 3 is 2.06 bits per heavy atom. The highest BCUT2D eigenvalue weighted by Gasteiger charge is 2.30. The van der Waals surface area contributed by atoms with Crippen LogP contribution in [0.25, 0.3) is 0 Å². The predicted octanol–water partition coefficient (Wildman–Crippen LogP) is 2.59. The lowest BCUT2D eigenvalue weighted by Crippen LogP contribution is -2.26. The van der Waals surface area contributed by atoms with Crippen LogP contribution in [0, 0.1) is 0 Å². The van der Waals surface area contributed by atoms with Crippen LogP contribution in [0.3, 0.4) is 0 Å². The summed E-state index contributed by atoms with van der Waals surface area (Å²) in [6.07, 6.45) is -8.09. The lowest BCUT2D eigenvalue weighted by Gasteiger charge is -2.13. The van der Waals surface area contributed by atoms with Gasteiger partial charge in [-0.2, -0.15) is 13.2 Å². The minimum atomic E-state index is -4.43. The van der Waals surface area contributed by atoms with Crippen LogP contribution in [-0.2, 0) is 6.18 Å². The van der Waals surface area contributed by atoms with Gasteiger partial charge in [-0.1, -0.05) is 12.1 Å². The second-order valence-corrected chi connectivity index (χ2v) is 3.68. The van der Waals surface area contributed by atoms with E-state index in [0.717, 1.165) is 24.3 Å². The molecule has 102 valence electrons. The molecule has 7 heteroatoms. The maximum Gasteiger partial charge on any atom is 0.416 e. The van der Waals surface area contributed by atoms with Crippen molar-refractivity contribution in [3.8, 4) is 0 Å². The van der Waals surface area contributed by atoms with E-state index in [2.05, 4.69) is 5.32 Å². The minimum absolute atomic E-state index is 0.143. The molecular weight excluding hydrogens is 257 g/mol. The molecule has 0 aliphatic carbocycles. The topological polar surface area (TPSA) is 32.3 Å². The van der Waals surface area contributed by atoms with E-state index in [1.807, 2.05) is 0 Å². The normalized spacial score (nSPS) is 13.9. The fourth-order valence-corrected chi connectivity index (χ4v) is 1.34. The van der Waals surface area contributed by atoms with E-state index in [1.165, 1.54) is 0 Å². The van der Waals surface area contributed by atoms with Crippen LogP contribution < -0.4 is 5.32 Å². The molecule has 2 N–H and O–H groups in total. The lowest BCUT2D eigenvalue weighted by molar-refractivity contribution is -0.137. The van der Waals surface area contributed by atoms with Crippen LogP contribution in [-0.4, -0.2) is 24.6 Å². The van der Waals surface area contributed by atoms with Gasteiger partial charge in [0.2, 0.25) is 0 Å². The summed E-state index contributed by atoms with van der Waals surface area (Å²) in [5.74, 6) is 0. The quantitative estimate of drug-likeness (QED) is 0.805. The maximum atomic E-state index is 12.3. The van der Waals surface area contributed by atoms with E-state index in [9.17, 15) is 27.1 Å². The van der Waals surface area contributed by atoms with Gasteiger partial charge in [-0.25, -0.2) is 8.78 Å². The van der Waals surface area contributed by atoms with Crippen molar-refractivity contribution >= 4 is 0 Å². The highest BCUT2D eigenvalue weighted by molar-refractivity contribution is 5.26. The average Bonchev–Trinajstić information content (AvgIpc) is 2.27. The summed E-state index contributed by atoms with van der Waals surface area (Å²) in [7, 11) is 0. The number of hydrogen-bond donors (Lipinski definition) is 2. The monoisotopic (exact) mass is 269 g/mol. The molecule has 0 aliphatic heterocycles. The lowest BCUT2D eigenvalue weighted by atomic mass is 10.1. The summed E-state index contributed by atoms with van der Waals surface area (Å²) in [5.41, 5.74) is -0.580. The fourth-order valence-electron chi connectivity index (χ4n) is 1.34. The Balaban J connectivity index is 2.56. The average molecular weight is 269 g/mol. The molecule has 0 aromatic heterocycles. The van der Waals surface area contributed by atoms with E-state index in [1.54, 1.807) is 0 Å². The zero-order chi connectivity index (χ0) is 13.8. The van der Waals surface area contributed by atoms with Gasteiger partial charge in [-0.05, 0) is 17.7 Å². The van der Waals surface area contributed by atoms with Crippen LogP contribution in [0.5, 0.6) is 0 Å². The Labute approximate surface area is 100 Å². The maximum absolute atomic E-state index is 12.3. The number of rotatable bonds is 5. The van der Waals surface area contributed by atoms with E-state index < -0.39 is 30.8 Å². The van der Waals surface area contributed by atoms with Crippen LogP contribution >= 0.6 is 0 Å². The third-order valence-corrected chi connectivity index (χ3v) is 2.26. The highest BCUT2D eigenvalue weighted by atomic mass is 19.4. The van der Waals surface area contributed by atoms with Gasteiger partial charge in [0.05, 0.1) is 18.2 Å². The van der Waals surface area contributed by atoms with Crippen molar-refractivity contribution in [1.29, 1.82) is 0 Å². The first-order chi connectivity index (χ1) is 8.30. The van der Waals surface area contributed by atoms with Crippen LogP contribution in [0.2, 0.25) is 0 Å². The van der Waals surface area contributed by atoms with Crippen molar-refractivity contribution in [2.24, 2.45) is 0 Å². The van der Waals surface area contributed by atoms with Gasteiger partial charge in [0.25, 0.3) is 6.43 Å². The van der Waals surface area contributed by atoms with Crippen molar-refractivity contribution in [2.45, 2.75) is 18.7 Å². The van der Waals surface area contributed by atoms with E-state index in [4.69, 9.17) is 0 Å². The zero-order valence-electron chi connectivity index (χ0n) is 9.22. The molecule has 1 unspecified atom stereocenters. The molecule has 0 saturated heterocycles. The SMILES string of the molecule is OC(CNCC(F)F)c1ccc(C(F)(F)F)cc1. The molecule has 0 spiro atoms. The summed E-state index contributed by atoms with van der Waals surface area (Å²) in [6, 6.07) is 3.92. The molecule has 0 bridgehead atoms. The van der Waals surface area contributed by atoms with Crippen molar-refractivity contribution < 1.29 is 27.1 Å². The third kappa shape index (κ3) is 4.58. The molecule has 1 rings (SSSR count). The highest BCUT2D eigenvalue weighted by Crippen LogP contribution is 2.29. The Hall–Kier alpha value is -1.21. The Bertz CT molecular complexity index is 363. The Morgan fingerprint density at radius 1 is 1.06 bits per heavy atom. The second kappa shape index (κ2) is 6.10. The molecule has 0 fully saturated rings. The molecule has 0 aliphatic rings. The first-order valence-corrected chi connectivity index (χ1v) is 5.15. The first kappa shape index (κ1) is 14.8. The second-order valence-electron chi connectivity index (χ2n) is 3.68. The number of aliphatic hydroxyl groups excluding tert-OH is 1. The van der Waals surface area contributed by atoms with Gasteiger partial charge >= 0.3 is 6.18 Å². The molecule has 1 atom stereocenters. The molecule has 1 aromatic carbocycles. The van der Waals surface area contributed by atoms with Crippen LogP contribution in [0.15, 0.2) is 24.3 Å². The number of hydrogen-bond acceptors (Lipinski definition) is 2. The standard InChI is InChI=1S/C11H12F5NO/c12-10(13)6-17-5-9(18)7-1-3-8(4-2-7)11(14,15)16/h1-4,9-10,17-18H,5-6H2. The number of halogens is 5. The fraction of sp³-hybridized carbons (Fsp3) is 0.455. The number of alkyl halides is 5. The predicted molar refractivity (Wildman–Crippen MR) is 55.3 cm³/mol. The van der Waals surface area contributed by atoms with Gasteiger partial charge < -0.3 is 10.4 Å². The molecule has 1 aromatic rings. The van der Waals surface area contributed by atoms with E-state index in [-0.39, 0.29) is 12.1 Å². The molecule has 2 nitrogen and oxygen atoms in total. The van der Waals surface area contributed by atoms with E-state index >= 15 is 0 Å². The summed E-state index contributed by atoms with van der Waals surface area (Å²) >= 11 is 0. The molecule has 18 heavy (non-hydrogen) atoms. The first-order valence-electron chi connectivity index (χ1n) is 5.15. The largest absolute Gasteiger partial charge is 0.416 e. The summed E-state index contributed by atoms with van der Waals surface area (Å²) < 4.78 is 60.4. The van der Waals surface area contributed by atoms with Gasteiger partial charge in [-0.15, -0.1) is 0 Å². The molecular formula is C11H12F5NO. The van der Waals surface area contributed by atoms with Gasteiger partial charge in [-0.3, -0.25) is 0 Å². The minimum Gasteiger partial charge on any atom is -0.387 e. The zero-order valence-corrected chi connectivity index (χ0v) is 9.22. The Kier molecular flexibility index (Phi) is 5.03. The Morgan fingerprint density at radius 2 is 1.61 bits per heavy atom. The van der Waals surface area contributed by atoms with Crippen LogP contribution in [0.4, 0.5) is 22.0 Å². The van der Waals surface area contributed by atoms with Crippen molar-refractivity contribution in [3.63, 3.8) is 0 Å². The van der Waals surface area contributed by atoms with Crippen molar-refractivity contribution in [3.05, 3.63) is 35.4 Å². The summed E-state index contributed by atoms with van der Waals surface area (Å²) in [6.45, 7) is -0.715. The summed E-state index contributed by atoms with van der Waals surface area (Å²) in [4.78, 5) is 0. The van der Waals surface area contributed by atoms with E-state index in [0.29, 0.717) is 0 Å². The number of benzene rings is 1. The molecule has 0 heterocycles. The third-order valence-electron chi connectivity index (χ3n) is 2.26. The van der Waals surface area contributed by atoms with Gasteiger partial charge in [0, 0.05) is 6.54 Å². The molecule has 0 radical (unpaired) electrons. The molecule has 0 amide bonds. The van der Waals surface area contributed by atoms with Crippen molar-refractivity contribution in [1.82, 2.24) is 5.32 Å². The number of aliphatic hydroxyl groups is 1. The summed E-state index contributed by atoms with van der Waals surface area (Å²) in [5, 5.41) is 11.8. The number of nitrogens with one attached hydrogen (secondary N) is 1. The van der Waals surface area contributed by atoms with Crippen molar-refractivity contribution in [2.75, 3.05) is 13.1 Å².